The normalized spacial score (nSPS) is 12.2. The maximum absolute atomic E-state index is 12.6. The number of hydrogen-bond acceptors (Lipinski definition) is 2. The molecule has 0 bridgehead atoms. The Balaban J connectivity index is 2.37. The highest BCUT2D eigenvalue weighted by molar-refractivity contribution is 5.92. The number of carbonyl (C=O) groups is 1. The zero-order chi connectivity index (χ0) is 12.0. The molecule has 0 aliphatic rings. The molecule has 0 unspecified atom stereocenters. The Bertz CT molecular complexity index is 337. The van der Waals surface area contributed by atoms with Gasteiger partial charge in [-0.05, 0) is 37.6 Å². The summed E-state index contributed by atoms with van der Waals surface area (Å²) < 4.78 is 12.6. The third-order valence-electron chi connectivity index (χ3n) is 2.35. The highest BCUT2D eigenvalue weighted by Crippen LogP contribution is 2.07. The smallest absolute Gasteiger partial charge is 0.238 e. The van der Waals surface area contributed by atoms with Crippen molar-refractivity contribution >= 4 is 11.6 Å². The summed E-state index contributed by atoms with van der Waals surface area (Å²) in [4.78, 5) is 11.5. The van der Waals surface area contributed by atoms with Crippen LogP contribution in [-0.4, -0.2) is 18.5 Å². The van der Waals surface area contributed by atoms with Gasteiger partial charge in [0, 0.05) is 11.7 Å². The molecule has 0 spiro atoms. The largest absolute Gasteiger partial charge is 0.325 e. The van der Waals surface area contributed by atoms with E-state index in [1.165, 1.54) is 24.3 Å². The Labute approximate surface area is 95.0 Å². The molecule has 3 nitrogen and oxygen atoms in total. The van der Waals surface area contributed by atoms with Crippen LogP contribution in [0.15, 0.2) is 24.3 Å². The molecule has 1 aromatic carbocycles. The number of hydrogen-bond donors (Lipinski definition) is 2. The van der Waals surface area contributed by atoms with E-state index in [4.69, 9.17) is 0 Å². The van der Waals surface area contributed by atoms with Gasteiger partial charge in [0.05, 0.1) is 6.54 Å². The second-order valence-electron chi connectivity index (χ2n) is 3.75. The fraction of sp³-hybridized carbons (Fsp3) is 0.417. The molecule has 1 atom stereocenters. The molecule has 0 heterocycles. The van der Waals surface area contributed by atoms with Crippen LogP contribution >= 0.6 is 0 Å². The number of carbonyl (C=O) groups excluding carboxylic acids is 1. The first kappa shape index (κ1) is 12.6. The van der Waals surface area contributed by atoms with Crippen molar-refractivity contribution in [1.29, 1.82) is 0 Å². The number of benzene rings is 1. The first-order valence-electron chi connectivity index (χ1n) is 5.40. The average molecular weight is 224 g/mol. The van der Waals surface area contributed by atoms with Crippen molar-refractivity contribution in [2.75, 3.05) is 11.9 Å². The van der Waals surface area contributed by atoms with Crippen LogP contribution in [0, 0.1) is 5.82 Å². The van der Waals surface area contributed by atoms with Crippen molar-refractivity contribution in [1.82, 2.24) is 5.32 Å². The number of rotatable bonds is 5. The summed E-state index contributed by atoms with van der Waals surface area (Å²) in [6.07, 6.45) is 0.976. The predicted molar refractivity (Wildman–Crippen MR) is 62.8 cm³/mol. The molecular weight excluding hydrogens is 207 g/mol. The number of halogens is 1. The van der Waals surface area contributed by atoms with Gasteiger partial charge in [0.15, 0.2) is 0 Å². The summed E-state index contributed by atoms with van der Waals surface area (Å²) in [5.74, 6) is -0.428. The maximum atomic E-state index is 12.6. The van der Waals surface area contributed by atoms with Crippen LogP contribution in [0.3, 0.4) is 0 Å². The topological polar surface area (TPSA) is 41.1 Å². The van der Waals surface area contributed by atoms with Gasteiger partial charge in [-0.25, -0.2) is 4.39 Å². The van der Waals surface area contributed by atoms with Crippen LogP contribution < -0.4 is 10.6 Å². The molecule has 0 fully saturated rings. The van der Waals surface area contributed by atoms with E-state index in [1.807, 2.05) is 6.92 Å². The number of nitrogens with one attached hydrogen (secondary N) is 2. The lowest BCUT2D eigenvalue weighted by Crippen LogP contribution is -2.33. The Morgan fingerprint density at radius 1 is 1.38 bits per heavy atom. The highest BCUT2D eigenvalue weighted by atomic mass is 19.1. The fourth-order valence-corrected chi connectivity index (χ4v) is 1.15. The summed E-state index contributed by atoms with van der Waals surface area (Å²) in [5, 5.41) is 5.76. The molecule has 4 heteroatoms. The first-order chi connectivity index (χ1) is 7.61. The lowest BCUT2D eigenvalue weighted by molar-refractivity contribution is -0.115. The van der Waals surface area contributed by atoms with Crippen LogP contribution in [0.25, 0.3) is 0 Å². The van der Waals surface area contributed by atoms with Crippen LogP contribution in [0.5, 0.6) is 0 Å². The van der Waals surface area contributed by atoms with Gasteiger partial charge in [-0.2, -0.15) is 0 Å². The fourth-order valence-electron chi connectivity index (χ4n) is 1.15. The second kappa shape index (κ2) is 6.23. The van der Waals surface area contributed by atoms with Crippen molar-refractivity contribution in [2.45, 2.75) is 26.3 Å². The highest BCUT2D eigenvalue weighted by Gasteiger charge is 2.04. The molecule has 0 aliphatic carbocycles. The van der Waals surface area contributed by atoms with Crippen molar-refractivity contribution in [3.05, 3.63) is 30.1 Å². The zero-order valence-corrected chi connectivity index (χ0v) is 9.59. The van der Waals surface area contributed by atoms with Crippen LogP contribution in [0.4, 0.5) is 10.1 Å². The second-order valence-corrected chi connectivity index (χ2v) is 3.75. The van der Waals surface area contributed by atoms with E-state index < -0.39 is 0 Å². The first-order valence-corrected chi connectivity index (χ1v) is 5.40. The summed E-state index contributed by atoms with van der Waals surface area (Å²) in [6.45, 7) is 4.34. The lowest BCUT2D eigenvalue weighted by atomic mass is 10.2. The molecule has 1 aromatic rings. The van der Waals surface area contributed by atoms with E-state index in [1.54, 1.807) is 0 Å². The van der Waals surface area contributed by atoms with Crippen LogP contribution in [0.2, 0.25) is 0 Å². The molecule has 0 aromatic heterocycles. The average Bonchev–Trinajstić information content (AvgIpc) is 2.29. The van der Waals surface area contributed by atoms with Crippen molar-refractivity contribution in [3.63, 3.8) is 0 Å². The molecule has 2 N–H and O–H groups in total. The molecule has 0 saturated carbocycles. The third kappa shape index (κ3) is 4.40. The summed E-state index contributed by atoms with van der Waals surface area (Å²) in [6, 6.07) is 6.03. The van der Waals surface area contributed by atoms with Gasteiger partial charge in [0.2, 0.25) is 5.91 Å². The Hall–Kier alpha value is -1.42. The predicted octanol–water partition coefficient (Wildman–Crippen LogP) is 2.15. The Morgan fingerprint density at radius 3 is 2.56 bits per heavy atom. The summed E-state index contributed by atoms with van der Waals surface area (Å²) >= 11 is 0. The van der Waals surface area contributed by atoms with Gasteiger partial charge in [-0.1, -0.05) is 6.92 Å². The molecule has 1 amide bonds. The molecule has 1 rings (SSSR count). The van der Waals surface area contributed by atoms with E-state index in [0.717, 1.165) is 6.42 Å². The SMILES string of the molecule is CC[C@H](C)NCC(=O)Nc1ccc(F)cc1. The van der Waals surface area contributed by atoms with E-state index >= 15 is 0 Å². The van der Waals surface area contributed by atoms with Crippen LogP contribution in [-0.2, 0) is 4.79 Å². The van der Waals surface area contributed by atoms with Crippen LogP contribution in [0.1, 0.15) is 20.3 Å². The van der Waals surface area contributed by atoms with Gasteiger partial charge in [-0.3, -0.25) is 4.79 Å². The van der Waals surface area contributed by atoms with E-state index in [9.17, 15) is 9.18 Å². The minimum absolute atomic E-state index is 0.119. The third-order valence-corrected chi connectivity index (χ3v) is 2.35. The molecule has 0 aliphatic heterocycles. The maximum Gasteiger partial charge on any atom is 0.238 e. The van der Waals surface area contributed by atoms with Crippen molar-refractivity contribution in [2.24, 2.45) is 0 Å². The molecule has 0 saturated heterocycles. The van der Waals surface area contributed by atoms with Crippen molar-refractivity contribution < 1.29 is 9.18 Å². The van der Waals surface area contributed by atoms with Gasteiger partial charge >= 0.3 is 0 Å². The number of anilines is 1. The van der Waals surface area contributed by atoms with E-state index in [0.29, 0.717) is 11.7 Å². The molecule has 16 heavy (non-hydrogen) atoms. The van der Waals surface area contributed by atoms with Gasteiger partial charge in [-0.15, -0.1) is 0 Å². The van der Waals surface area contributed by atoms with Gasteiger partial charge in [0.25, 0.3) is 0 Å². The molecule has 0 radical (unpaired) electrons. The minimum Gasteiger partial charge on any atom is -0.325 e. The Kier molecular flexibility index (Phi) is 4.92. The molecule has 88 valence electrons. The summed E-state index contributed by atoms with van der Waals surface area (Å²) in [5.41, 5.74) is 0.609. The van der Waals surface area contributed by atoms with E-state index in [-0.39, 0.29) is 18.3 Å². The van der Waals surface area contributed by atoms with Gasteiger partial charge in [0.1, 0.15) is 5.82 Å². The standard InChI is InChI=1S/C12H17FN2O/c1-3-9(2)14-8-12(16)15-11-6-4-10(13)5-7-11/h4-7,9,14H,3,8H2,1-2H3,(H,15,16)/t9-/m0/s1. The monoisotopic (exact) mass is 224 g/mol. The van der Waals surface area contributed by atoms with Gasteiger partial charge < -0.3 is 10.6 Å². The van der Waals surface area contributed by atoms with E-state index in [2.05, 4.69) is 17.6 Å². The zero-order valence-electron chi connectivity index (χ0n) is 9.59. The quantitative estimate of drug-likeness (QED) is 0.804. The lowest BCUT2D eigenvalue weighted by Gasteiger charge is -2.11. The number of amides is 1. The van der Waals surface area contributed by atoms with Crippen molar-refractivity contribution in [3.8, 4) is 0 Å². The minimum atomic E-state index is -0.310. The summed E-state index contributed by atoms with van der Waals surface area (Å²) in [7, 11) is 0. The Morgan fingerprint density at radius 2 is 2.00 bits per heavy atom. The molecular formula is C12H17FN2O.